The number of nitrogens with zero attached hydrogens (tertiary/aromatic N) is 5. The van der Waals surface area contributed by atoms with E-state index in [0.717, 1.165) is 0 Å². The third-order valence-corrected chi connectivity index (χ3v) is 3.11. The van der Waals surface area contributed by atoms with Crippen molar-refractivity contribution in [3.63, 3.8) is 0 Å². The molecule has 2 rings (SSSR count). The third kappa shape index (κ3) is 4.46. The molecule has 0 saturated carbocycles. The van der Waals surface area contributed by atoms with Gasteiger partial charge in [0.1, 0.15) is 0 Å². The van der Waals surface area contributed by atoms with Crippen LogP contribution in [0.15, 0.2) is 37.9 Å². The molecule has 1 aromatic heterocycles. The van der Waals surface area contributed by atoms with Crippen molar-refractivity contribution in [1.82, 2.24) is 9.97 Å². The highest BCUT2D eigenvalue weighted by Crippen LogP contribution is 2.24. The van der Waals surface area contributed by atoms with E-state index >= 15 is 0 Å². The number of hydrogen-bond donors (Lipinski definition) is 7. The number of nitrogen functional groups attached to an aromatic ring is 1. The number of nitrogens with two attached hydrogens (primary N) is 6. The molecule has 12 heteroatoms. The first kappa shape index (κ1) is 16.8. The third-order valence-electron chi connectivity index (χ3n) is 3.11. The van der Waals surface area contributed by atoms with Gasteiger partial charge < -0.3 is 39.4 Å². The molecule has 0 saturated heterocycles. The number of allylic oxidation sites excluding steroid dienone is 1. The van der Waals surface area contributed by atoms with Crippen molar-refractivity contribution in [2.24, 2.45) is 48.6 Å². The molecule has 0 radical (unpaired) electrons. The number of imidazole rings is 1. The summed E-state index contributed by atoms with van der Waals surface area (Å²) in [6.45, 7) is 0.200. The minimum atomic E-state index is -0.547. The van der Waals surface area contributed by atoms with E-state index < -0.39 is 6.04 Å². The van der Waals surface area contributed by atoms with Gasteiger partial charge in [-0.1, -0.05) is 0 Å². The Labute approximate surface area is 137 Å². The fourth-order valence-electron chi connectivity index (χ4n) is 2.13. The number of guanidine groups is 3. The minimum absolute atomic E-state index is 0.0618. The van der Waals surface area contributed by atoms with E-state index in [9.17, 15) is 0 Å². The zero-order valence-electron chi connectivity index (χ0n) is 12.8. The molecule has 2 heterocycles. The van der Waals surface area contributed by atoms with Crippen LogP contribution in [-0.2, 0) is 0 Å². The van der Waals surface area contributed by atoms with E-state index in [1.807, 2.05) is 0 Å². The molecule has 0 aromatic carbocycles. The summed E-state index contributed by atoms with van der Waals surface area (Å²) in [5.41, 5.74) is 34.3. The number of aromatic nitrogens is 2. The van der Waals surface area contributed by atoms with Crippen LogP contribution in [0.4, 0.5) is 5.95 Å². The lowest BCUT2D eigenvalue weighted by molar-refractivity contribution is 0.606. The summed E-state index contributed by atoms with van der Waals surface area (Å²) in [6.07, 6.45) is 4.77. The summed E-state index contributed by atoms with van der Waals surface area (Å²) in [5.74, 6) is -0.132. The van der Waals surface area contributed by atoms with Gasteiger partial charge in [-0.25, -0.2) is 20.0 Å². The van der Waals surface area contributed by atoms with E-state index in [1.54, 1.807) is 12.3 Å². The second kappa shape index (κ2) is 7.13. The van der Waals surface area contributed by atoms with Gasteiger partial charge in [0.25, 0.3) is 0 Å². The van der Waals surface area contributed by atoms with Crippen LogP contribution in [0.1, 0.15) is 11.6 Å². The summed E-state index contributed by atoms with van der Waals surface area (Å²) in [7, 11) is 0. The molecular weight excluding hydrogens is 312 g/mol. The van der Waals surface area contributed by atoms with Gasteiger partial charge in [0, 0.05) is 11.6 Å². The molecule has 1 aromatic rings. The number of aromatic amines is 1. The number of anilines is 1. The highest BCUT2D eigenvalue weighted by Gasteiger charge is 2.24. The lowest BCUT2D eigenvalue weighted by atomic mass is 9.96. The first-order valence-corrected chi connectivity index (χ1v) is 6.89. The monoisotopic (exact) mass is 332 g/mol. The minimum Gasteiger partial charge on any atom is -0.370 e. The maximum absolute atomic E-state index is 5.64. The zero-order chi connectivity index (χ0) is 17.7. The molecule has 13 N–H and O–H groups in total. The second-order valence-electron chi connectivity index (χ2n) is 4.96. The Morgan fingerprint density at radius 2 is 1.96 bits per heavy atom. The van der Waals surface area contributed by atoms with Crippen molar-refractivity contribution in [3.05, 3.63) is 23.7 Å². The Morgan fingerprint density at radius 1 is 1.21 bits per heavy atom. The van der Waals surface area contributed by atoms with Crippen LogP contribution in [0.3, 0.4) is 0 Å². The molecule has 2 unspecified atom stereocenters. The summed E-state index contributed by atoms with van der Waals surface area (Å²) in [5, 5.41) is 0. The average Bonchev–Trinajstić information content (AvgIpc) is 3.07. The van der Waals surface area contributed by atoms with Gasteiger partial charge in [-0.05, 0) is 6.08 Å². The second-order valence-corrected chi connectivity index (χ2v) is 4.96. The predicted octanol–water partition coefficient (Wildman–Crippen LogP) is -2.73. The standard InChI is InChI=1S/C12H20N12/c13-9(14)19-3-6(8-4-21-12(18)24-8)7(23-10(15)16)1-5-2-20-11(17)22-5/h1-2,4,6-7H,3H2,(H2,17,22)(H4,13,14,19)(H4,15,16,23)(H3,18,21,24)/b5-1+. The summed E-state index contributed by atoms with van der Waals surface area (Å²) < 4.78 is 0. The molecule has 1 aliphatic rings. The quantitative estimate of drug-likeness (QED) is 0.214. The van der Waals surface area contributed by atoms with Crippen LogP contribution in [0, 0.1) is 0 Å². The number of H-pyrrole nitrogens is 1. The molecule has 24 heavy (non-hydrogen) atoms. The smallest absolute Gasteiger partial charge is 0.220 e. The van der Waals surface area contributed by atoms with Gasteiger partial charge in [0.05, 0.1) is 30.7 Å². The van der Waals surface area contributed by atoms with E-state index in [4.69, 9.17) is 34.4 Å². The van der Waals surface area contributed by atoms with Crippen molar-refractivity contribution < 1.29 is 0 Å². The highest BCUT2D eigenvalue weighted by atomic mass is 15.1. The average molecular weight is 332 g/mol. The topological polar surface area (TPSA) is 234 Å². The molecule has 0 amide bonds. The Balaban J connectivity index is 2.42. The first-order chi connectivity index (χ1) is 11.3. The Bertz CT molecular complexity index is 729. The first-order valence-electron chi connectivity index (χ1n) is 6.89. The van der Waals surface area contributed by atoms with Gasteiger partial charge in [-0.15, -0.1) is 0 Å². The predicted molar refractivity (Wildman–Crippen MR) is 94.2 cm³/mol. The zero-order valence-corrected chi connectivity index (χ0v) is 12.8. The normalized spacial score (nSPS) is 17.3. The molecule has 0 bridgehead atoms. The Kier molecular flexibility index (Phi) is 4.99. The van der Waals surface area contributed by atoms with Crippen molar-refractivity contribution in [3.8, 4) is 0 Å². The number of rotatable bonds is 6. The van der Waals surface area contributed by atoms with E-state index in [1.165, 1.54) is 6.21 Å². The fourth-order valence-corrected chi connectivity index (χ4v) is 2.13. The van der Waals surface area contributed by atoms with Crippen LogP contribution < -0.4 is 34.4 Å². The van der Waals surface area contributed by atoms with Crippen molar-refractivity contribution in [2.75, 3.05) is 12.3 Å². The fraction of sp³-hybridized carbons (Fsp3) is 0.250. The van der Waals surface area contributed by atoms with Crippen LogP contribution in [-0.4, -0.2) is 46.6 Å². The van der Waals surface area contributed by atoms with E-state index in [-0.39, 0.29) is 36.3 Å². The van der Waals surface area contributed by atoms with E-state index in [2.05, 4.69) is 29.9 Å². The molecule has 0 spiro atoms. The highest BCUT2D eigenvalue weighted by molar-refractivity contribution is 5.99. The van der Waals surface area contributed by atoms with Crippen molar-refractivity contribution in [2.45, 2.75) is 12.0 Å². The lowest BCUT2D eigenvalue weighted by Crippen LogP contribution is -2.30. The van der Waals surface area contributed by atoms with Gasteiger partial charge in [0.2, 0.25) is 5.96 Å². The number of hydrogen-bond acceptors (Lipinski definition) is 7. The Hall–Kier alpha value is -3.57. The number of aliphatic imine (C=N–C) groups is 4. The van der Waals surface area contributed by atoms with Crippen molar-refractivity contribution in [1.29, 1.82) is 0 Å². The maximum Gasteiger partial charge on any atom is 0.220 e. The molecule has 128 valence electrons. The Morgan fingerprint density at radius 3 is 2.46 bits per heavy atom. The van der Waals surface area contributed by atoms with Crippen molar-refractivity contribution >= 4 is 30.0 Å². The molecular formula is C12H20N12. The van der Waals surface area contributed by atoms with Gasteiger partial charge in [0.15, 0.2) is 17.9 Å². The van der Waals surface area contributed by atoms with Crippen LogP contribution in [0.25, 0.3) is 0 Å². The number of nitrogens with one attached hydrogen (secondary N) is 1. The van der Waals surface area contributed by atoms with Crippen LogP contribution >= 0.6 is 0 Å². The lowest BCUT2D eigenvalue weighted by Gasteiger charge is -2.19. The van der Waals surface area contributed by atoms with Gasteiger partial charge in [-0.2, -0.15) is 0 Å². The summed E-state index contributed by atoms with van der Waals surface area (Å²) >= 11 is 0. The molecule has 1 aliphatic heterocycles. The summed E-state index contributed by atoms with van der Waals surface area (Å²) in [6, 6.07) is -0.547. The maximum atomic E-state index is 5.64. The van der Waals surface area contributed by atoms with Gasteiger partial charge in [-0.3, -0.25) is 4.99 Å². The molecule has 2 atom stereocenters. The van der Waals surface area contributed by atoms with Crippen LogP contribution in [0.5, 0.6) is 0 Å². The molecule has 0 aliphatic carbocycles. The van der Waals surface area contributed by atoms with Gasteiger partial charge >= 0.3 is 0 Å². The van der Waals surface area contributed by atoms with Crippen LogP contribution in [0.2, 0.25) is 0 Å². The summed E-state index contributed by atoms with van der Waals surface area (Å²) in [4.78, 5) is 23.1. The molecule has 12 nitrogen and oxygen atoms in total. The van der Waals surface area contributed by atoms with E-state index in [0.29, 0.717) is 11.4 Å². The SMILES string of the molecule is NC(N)=NCC(c1cnc(N)[nH]1)C(/C=C1\C=NC(N)=N1)N=C(N)N. The largest absolute Gasteiger partial charge is 0.370 e. The molecule has 0 fully saturated rings.